The summed E-state index contributed by atoms with van der Waals surface area (Å²) in [6.07, 6.45) is 2.29. The number of carbonyl (C=O) groups excluding carboxylic acids is 1. The molecule has 1 aromatic carbocycles. The summed E-state index contributed by atoms with van der Waals surface area (Å²) in [6, 6.07) is 8.08. The molecule has 1 aromatic rings. The number of ether oxygens (including phenoxy) is 2. The molecule has 2 N–H and O–H groups in total. The van der Waals surface area contributed by atoms with E-state index in [1.54, 1.807) is 26.1 Å². The average molecular weight is 420 g/mol. The second-order valence-electron chi connectivity index (χ2n) is 7.72. The van der Waals surface area contributed by atoms with Gasteiger partial charge < -0.3 is 25.0 Å². The maximum Gasteiger partial charge on any atom is 0.243 e. The first kappa shape index (κ1) is 23.8. The van der Waals surface area contributed by atoms with Crippen molar-refractivity contribution in [3.05, 3.63) is 24.3 Å². The Hall–Kier alpha value is -2.48. The minimum absolute atomic E-state index is 0.0366. The summed E-state index contributed by atoms with van der Waals surface area (Å²) >= 11 is 0. The predicted octanol–water partition coefficient (Wildman–Crippen LogP) is 1.57. The summed E-state index contributed by atoms with van der Waals surface area (Å²) in [6.45, 7) is 7.82. The molecule has 0 saturated carbocycles. The Morgan fingerprint density at radius 3 is 2.70 bits per heavy atom. The molecular weight excluding hydrogens is 382 g/mol. The van der Waals surface area contributed by atoms with Crippen LogP contribution < -0.4 is 20.1 Å². The van der Waals surface area contributed by atoms with Gasteiger partial charge in [0.25, 0.3) is 0 Å². The molecule has 1 fully saturated rings. The van der Waals surface area contributed by atoms with Crippen LogP contribution in [0.5, 0.6) is 11.5 Å². The van der Waals surface area contributed by atoms with Gasteiger partial charge in [-0.2, -0.15) is 0 Å². The molecule has 0 aliphatic carbocycles. The van der Waals surface area contributed by atoms with Crippen molar-refractivity contribution in [1.82, 2.24) is 20.4 Å². The van der Waals surface area contributed by atoms with Crippen molar-refractivity contribution < 1.29 is 14.3 Å². The first-order valence-corrected chi connectivity index (χ1v) is 10.7. The lowest BCUT2D eigenvalue weighted by Crippen LogP contribution is -2.47. The van der Waals surface area contributed by atoms with Crippen LogP contribution in [0.15, 0.2) is 29.3 Å². The highest BCUT2D eigenvalue weighted by molar-refractivity contribution is 5.84. The Labute approximate surface area is 180 Å². The number of likely N-dealkylation sites (N-methyl/N-ethyl adjacent to an activating group) is 2. The molecule has 1 saturated heterocycles. The van der Waals surface area contributed by atoms with Crippen LogP contribution in [0.4, 0.5) is 0 Å². The van der Waals surface area contributed by atoms with E-state index in [1.807, 2.05) is 31.2 Å². The molecule has 2 rings (SSSR count). The zero-order valence-corrected chi connectivity index (χ0v) is 19.0. The van der Waals surface area contributed by atoms with E-state index in [2.05, 4.69) is 27.4 Å². The Bertz CT molecular complexity index is 695. The third-order valence-electron chi connectivity index (χ3n) is 5.24. The number of hydrogen-bond donors (Lipinski definition) is 2. The van der Waals surface area contributed by atoms with Gasteiger partial charge in [-0.1, -0.05) is 19.1 Å². The third-order valence-corrected chi connectivity index (χ3v) is 5.24. The van der Waals surface area contributed by atoms with Gasteiger partial charge in [-0.05, 0) is 45.0 Å². The third kappa shape index (κ3) is 7.40. The summed E-state index contributed by atoms with van der Waals surface area (Å²) in [5.74, 6) is 2.00. The minimum atomic E-state index is -0.114. The zero-order valence-electron chi connectivity index (χ0n) is 19.0. The van der Waals surface area contributed by atoms with Crippen molar-refractivity contribution >= 4 is 11.9 Å². The van der Waals surface area contributed by atoms with E-state index in [0.29, 0.717) is 30.0 Å². The van der Waals surface area contributed by atoms with Gasteiger partial charge in [0.05, 0.1) is 13.7 Å². The van der Waals surface area contributed by atoms with Gasteiger partial charge in [0.2, 0.25) is 5.91 Å². The fourth-order valence-corrected chi connectivity index (χ4v) is 3.43. The normalized spacial score (nSPS) is 18.0. The van der Waals surface area contributed by atoms with Crippen molar-refractivity contribution in [3.8, 4) is 11.5 Å². The summed E-state index contributed by atoms with van der Waals surface area (Å²) in [5.41, 5.74) is 0. The van der Waals surface area contributed by atoms with E-state index >= 15 is 0 Å². The molecular formula is C22H37N5O3. The van der Waals surface area contributed by atoms with E-state index in [0.717, 1.165) is 19.6 Å². The van der Waals surface area contributed by atoms with Crippen LogP contribution in [0.25, 0.3) is 0 Å². The van der Waals surface area contributed by atoms with E-state index in [4.69, 9.17) is 9.47 Å². The van der Waals surface area contributed by atoms with E-state index < -0.39 is 0 Å². The van der Waals surface area contributed by atoms with E-state index in [1.165, 1.54) is 12.8 Å². The molecule has 2 unspecified atom stereocenters. The molecule has 1 heterocycles. The highest BCUT2D eigenvalue weighted by Crippen LogP contribution is 2.26. The van der Waals surface area contributed by atoms with Crippen LogP contribution in [0.2, 0.25) is 0 Å². The number of methoxy groups -OCH3 is 1. The average Bonchev–Trinajstić information content (AvgIpc) is 3.20. The standard InChI is InChI=1S/C22H37N5O3/c1-6-27-13-9-10-18(27)15-24-22(25-16-21(28)26(3)4)23-14-17(2)30-20-12-8-7-11-19(20)29-5/h7-8,11-12,17-18H,6,9-10,13-16H2,1-5H3,(H2,23,24,25). The zero-order chi connectivity index (χ0) is 21.9. The molecule has 1 aliphatic rings. The fourth-order valence-electron chi connectivity index (χ4n) is 3.43. The van der Waals surface area contributed by atoms with Gasteiger partial charge in [-0.15, -0.1) is 0 Å². The second-order valence-corrected chi connectivity index (χ2v) is 7.72. The highest BCUT2D eigenvalue weighted by atomic mass is 16.5. The lowest BCUT2D eigenvalue weighted by Gasteiger charge is -2.24. The number of amides is 1. The van der Waals surface area contributed by atoms with Gasteiger partial charge in [-0.25, -0.2) is 4.99 Å². The number of benzene rings is 1. The van der Waals surface area contributed by atoms with E-state index in [9.17, 15) is 4.79 Å². The summed E-state index contributed by atoms with van der Waals surface area (Å²) < 4.78 is 11.4. The number of nitrogens with one attached hydrogen (secondary N) is 2. The number of guanidine groups is 1. The number of likely N-dealkylation sites (tertiary alicyclic amines) is 1. The van der Waals surface area contributed by atoms with Gasteiger partial charge >= 0.3 is 0 Å². The topological polar surface area (TPSA) is 78.4 Å². The molecule has 30 heavy (non-hydrogen) atoms. The van der Waals surface area contributed by atoms with Crippen LogP contribution in [0, 0.1) is 0 Å². The van der Waals surface area contributed by atoms with Gasteiger partial charge in [0, 0.05) is 26.7 Å². The fraction of sp³-hybridized carbons (Fsp3) is 0.636. The smallest absolute Gasteiger partial charge is 0.243 e. The number of rotatable bonds is 10. The molecule has 0 spiro atoms. The van der Waals surface area contributed by atoms with Crippen molar-refractivity contribution in [2.75, 3.05) is 53.9 Å². The molecule has 0 radical (unpaired) electrons. The van der Waals surface area contributed by atoms with Crippen LogP contribution in [0.3, 0.4) is 0 Å². The summed E-state index contributed by atoms with van der Waals surface area (Å²) in [7, 11) is 5.10. The van der Waals surface area contributed by atoms with Crippen molar-refractivity contribution in [1.29, 1.82) is 0 Å². The molecule has 2 atom stereocenters. The largest absolute Gasteiger partial charge is 0.493 e. The molecule has 168 valence electrons. The van der Waals surface area contributed by atoms with Crippen LogP contribution >= 0.6 is 0 Å². The second kappa shape index (κ2) is 12.3. The van der Waals surface area contributed by atoms with Gasteiger partial charge in [0.15, 0.2) is 17.5 Å². The Morgan fingerprint density at radius 2 is 2.03 bits per heavy atom. The number of para-hydroxylation sites is 2. The van der Waals surface area contributed by atoms with Crippen molar-refractivity contribution in [2.24, 2.45) is 4.99 Å². The van der Waals surface area contributed by atoms with Crippen LogP contribution in [-0.4, -0.2) is 87.7 Å². The number of aliphatic imine (C=N–C) groups is 1. The Kier molecular flexibility index (Phi) is 9.73. The molecule has 8 heteroatoms. The monoisotopic (exact) mass is 419 g/mol. The molecule has 0 bridgehead atoms. The Morgan fingerprint density at radius 1 is 1.30 bits per heavy atom. The van der Waals surface area contributed by atoms with Crippen molar-refractivity contribution in [3.63, 3.8) is 0 Å². The number of carbonyl (C=O) groups is 1. The lowest BCUT2D eigenvalue weighted by molar-refractivity contribution is -0.127. The van der Waals surface area contributed by atoms with Gasteiger partial charge in [-0.3, -0.25) is 9.69 Å². The first-order chi connectivity index (χ1) is 14.4. The first-order valence-electron chi connectivity index (χ1n) is 10.7. The quantitative estimate of drug-likeness (QED) is 0.443. The SMILES string of the molecule is CCN1CCCC1CNC(=NCC(=O)N(C)C)NCC(C)Oc1ccccc1OC. The molecule has 1 aliphatic heterocycles. The molecule has 8 nitrogen and oxygen atoms in total. The molecule has 1 amide bonds. The van der Waals surface area contributed by atoms with E-state index in [-0.39, 0.29) is 18.6 Å². The predicted molar refractivity (Wildman–Crippen MR) is 120 cm³/mol. The Balaban J connectivity index is 1.94. The van der Waals surface area contributed by atoms with Crippen LogP contribution in [-0.2, 0) is 4.79 Å². The lowest BCUT2D eigenvalue weighted by atomic mass is 10.2. The van der Waals surface area contributed by atoms with Gasteiger partial charge in [0.1, 0.15) is 12.6 Å². The summed E-state index contributed by atoms with van der Waals surface area (Å²) in [5, 5.41) is 6.72. The van der Waals surface area contributed by atoms with Crippen LogP contribution in [0.1, 0.15) is 26.7 Å². The maximum absolute atomic E-state index is 12.0. The minimum Gasteiger partial charge on any atom is -0.493 e. The number of nitrogens with zero attached hydrogens (tertiary/aromatic N) is 3. The highest BCUT2D eigenvalue weighted by Gasteiger charge is 2.23. The number of hydrogen-bond acceptors (Lipinski definition) is 5. The molecule has 0 aromatic heterocycles. The van der Waals surface area contributed by atoms with Crippen molar-refractivity contribution in [2.45, 2.75) is 38.8 Å². The summed E-state index contributed by atoms with van der Waals surface area (Å²) in [4.78, 5) is 20.5. The maximum atomic E-state index is 12.0.